The van der Waals surface area contributed by atoms with E-state index in [0.717, 1.165) is 18.7 Å². The summed E-state index contributed by atoms with van der Waals surface area (Å²) in [4.78, 5) is 0. The van der Waals surface area contributed by atoms with Gasteiger partial charge in [-0.15, -0.1) is 0 Å². The number of nitrogens with one attached hydrogen (secondary N) is 1. The molecule has 0 amide bonds. The van der Waals surface area contributed by atoms with Crippen molar-refractivity contribution < 1.29 is 4.74 Å². The Morgan fingerprint density at radius 2 is 1.78 bits per heavy atom. The molecular weight excluding hydrogens is 222 g/mol. The Bertz CT molecular complexity index is 349. The second-order valence-electron chi connectivity index (χ2n) is 5.34. The molecule has 0 aliphatic rings. The first-order valence-electron chi connectivity index (χ1n) is 7.03. The molecule has 0 bridgehead atoms. The smallest absolute Gasteiger partial charge is 0.123 e. The maximum Gasteiger partial charge on any atom is 0.123 e. The molecule has 2 nitrogen and oxygen atoms in total. The van der Waals surface area contributed by atoms with E-state index in [2.05, 4.69) is 58.1 Å². The van der Waals surface area contributed by atoms with Crippen molar-refractivity contribution in [2.45, 2.75) is 59.1 Å². The zero-order chi connectivity index (χ0) is 13.5. The molecule has 1 aromatic carbocycles. The van der Waals surface area contributed by atoms with E-state index in [9.17, 15) is 0 Å². The van der Waals surface area contributed by atoms with Crippen LogP contribution in [0.15, 0.2) is 24.3 Å². The maximum atomic E-state index is 6.04. The van der Waals surface area contributed by atoms with Gasteiger partial charge in [-0.1, -0.05) is 39.0 Å². The number of rotatable bonds is 7. The maximum absolute atomic E-state index is 6.04. The second-order valence-corrected chi connectivity index (χ2v) is 5.34. The van der Waals surface area contributed by atoms with E-state index in [1.165, 1.54) is 5.56 Å². The number of hydrogen-bond acceptors (Lipinski definition) is 2. The third-order valence-corrected chi connectivity index (χ3v) is 3.24. The van der Waals surface area contributed by atoms with Gasteiger partial charge in [-0.2, -0.15) is 0 Å². The molecule has 2 atom stereocenters. The lowest BCUT2D eigenvalue weighted by molar-refractivity contribution is 0.209. The molecule has 0 aliphatic heterocycles. The van der Waals surface area contributed by atoms with Crippen LogP contribution in [0.2, 0.25) is 0 Å². The van der Waals surface area contributed by atoms with Gasteiger partial charge in [0.15, 0.2) is 0 Å². The van der Waals surface area contributed by atoms with Crippen LogP contribution in [-0.4, -0.2) is 18.7 Å². The van der Waals surface area contributed by atoms with Crippen LogP contribution in [0.1, 0.15) is 52.5 Å². The van der Waals surface area contributed by atoms with Gasteiger partial charge in [-0.05, 0) is 37.8 Å². The van der Waals surface area contributed by atoms with E-state index in [0.29, 0.717) is 12.0 Å². The molecule has 2 heteroatoms. The van der Waals surface area contributed by atoms with Crippen LogP contribution in [0.3, 0.4) is 0 Å². The lowest BCUT2D eigenvalue weighted by Gasteiger charge is -2.21. The van der Waals surface area contributed by atoms with Gasteiger partial charge in [-0.3, -0.25) is 0 Å². The molecule has 0 saturated carbocycles. The lowest BCUT2D eigenvalue weighted by atomic mass is 10.0. The molecule has 1 rings (SSSR count). The van der Waals surface area contributed by atoms with Crippen molar-refractivity contribution in [3.8, 4) is 5.75 Å². The van der Waals surface area contributed by atoms with Crippen molar-refractivity contribution in [3.63, 3.8) is 0 Å². The van der Waals surface area contributed by atoms with E-state index in [1.54, 1.807) is 0 Å². The summed E-state index contributed by atoms with van der Waals surface area (Å²) in [6, 6.07) is 8.88. The van der Waals surface area contributed by atoms with Gasteiger partial charge < -0.3 is 10.1 Å². The zero-order valence-electron chi connectivity index (χ0n) is 12.4. The summed E-state index contributed by atoms with van der Waals surface area (Å²) in [6.07, 6.45) is 1.34. The van der Waals surface area contributed by atoms with Crippen LogP contribution in [0.25, 0.3) is 0 Å². The molecule has 0 fully saturated rings. The summed E-state index contributed by atoms with van der Waals surface area (Å²) in [5.41, 5.74) is 1.29. The van der Waals surface area contributed by atoms with Crippen LogP contribution in [-0.2, 0) is 0 Å². The van der Waals surface area contributed by atoms with Crippen molar-refractivity contribution in [2.24, 2.45) is 0 Å². The first-order valence-corrected chi connectivity index (χ1v) is 7.03. The number of benzene rings is 1. The molecule has 0 spiro atoms. The van der Waals surface area contributed by atoms with Crippen LogP contribution in [0.5, 0.6) is 5.75 Å². The van der Waals surface area contributed by atoms with Crippen molar-refractivity contribution >= 4 is 0 Å². The minimum Gasteiger partial charge on any atom is -0.489 e. The largest absolute Gasteiger partial charge is 0.489 e. The SMILES string of the molecule is CCC(C)NCC(C)Oc1ccccc1C(C)C. The molecule has 0 heterocycles. The highest BCUT2D eigenvalue weighted by molar-refractivity contribution is 5.35. The average molecular weight is 249 g/mol. The summed E-state index contributed by atoms with van der Waals surface area (Å²) in [5.74, 6) is 1.52. The van der Waals surface area contributed by atoms with Crippen molar-refractivity contribution in [1.29, 1.82) is 0 Å². The van der Waals surface area contributed by atoms with Gasteiger partial charge >= 0.3 is 0 Å². The van der Waals surface area contributed by atoms with Crippen molar-refractivity contribution in [3.05, 3.63) is 29.8 Å². The summed E-state index contributed by atoms with van der Waals surface area (Å²) in [7, 11) is 0. The third-order valence-electron chi connectivity index (χ3n) is 3.24. The third kappa shape index (κ3) is 4.69. The van der Waals surface area contributed by atoms with Crippen LogP contribution in [0.4, 0.5) is 0 Å². The van der Waals surface area contributed by atoms with Gasteiger partial charge in [0.2, 0.25) is 0 Å². The highest BCUT2D eigenvalue weighted by atomic mass is 16.5. The van der Waals surface area contributed by atoms with Crippen LogP contribution >= 0.6 is 0 Å². The molecule has 1 N–H and O–H groups in total. The first kappa shape index (κ1) is 15.0. The standard InChI is InChI=1S/C16H27NO/c1-6-13(4)17-11-14(5)18-16-10-8-7-9-15(16)12(2)3/h7-10,12-14,17H,6,11H2,1-5H3. The Morgan fingerprint density at radius 1 is 1.11 bits per heavy atom. The lowest BCUT2D eigenvalue weighted by Crippen LogP contribution is -2.34. The normalized spacial score (nSPS) is 14.6. The Labute approximate surface area is 112 Å². The Balaban J connectivity index is 2.56. The number of ether oxygens (including phenoxy) is 1. The van der Waals surface area contributed by atoms with E-state index < -0.39 is 0 Å². The fourth-order valence-corrected chi connectivity index (χ4v) is 1.83. The minimum atomic E-state index is 0.193. The summed E-state index contributed by atoms with van der Waals surface area (Å²) in [6.45, 7) is 11.8. The van der Waals surface area contributed by atoms with Gasteiger partial charge in [0.1, 0.15) is 11.9 Å². The molecule has 1 aromatic rings. The minimum absolute atomic E-state index is 0.193. The fourth-order valence-electron chi connectivity index (χ4n) is 1.83. The summed E-state index contributed by atoms with van der Waals surface area (Å²) in [5, 5.41) is 3.48. The molecule has 0 aliphatic carbocycles. The molecule has 2 unspecified atom stereocenters. The molecule has 102 valence electrons. The second kappa shape index (κ2) is 7.42. The van der Waals surface area contributed by atoms with E-state index in [4.69, 9.17) is 4.74 Å². The highest BCUT2D eigenvalue weighted by Crippen LogP contribution is 2.26. The molecular formula is C16H27NO. The first-order chi connectivity index (χ1) is 8.54. The topological polar surface area (TPSA) is 21.3 Å². The molecule has 0 saturated heterocycles. The summed E-state index contributed by atoms with van der Waals surface area (Å²) < 4.78 is 6.04. The zero-order valence-corrected chi connectivity index (χ0v) is 12.4. The monoisotopic (exact) mass is 249 g/mol. The Kier molecular flexibility index (Phi) is 6.20. The quantitative estimate of drug-likeness (QED) is 0.789. The Morgan fingerprint density at radius 3 is 2.39 bits per heavy atom. The molecule has 0 radical (unpaired) electrons. The van der Waals surface area contributed by atoms with E-state index in [1.807, 2.05) is 6.07 Å². The molecule has 0 aromatic heterocycles. The van der Waals surface area contributed by atoms with Crippen molar-refractivity contribution in [2.75, 3.05) is 6.54 Å². The number of hydrogen-bond donors (Lipinski definition) is 1. The van der Waals surface area contributed by atoms with Gasteiger partial charge in [0, 0.05) is 12.6 Å². The predicted molar refractivity (Wildman–Crippen MR) is 78.4 cm³/mol. The van der Waals surface area contributed by atoms with Gasteiger partial charge in [0.05, 0.1) is 0 Å². The highest BCUT2D eigenvalue weighted by Gasteiger charge is 2.10. The average Bonchev–Trinajstić information content (AvgIpc) is 2.36. The van der Waals surface area contributed by atoms with Gasteiger partial charge in [-0.25, -0.2) is 0 Å². The Hall–Kier alpha value is -1.02. The van der Waals surface area contributed by atoms with Crippen LogP contribution < -0.4 is 10.1 Å². The van der Waals surface area contributed by atoms with Crippen LogP contribution in [0, 0.1) is 0 Å². The summed E-state index contributed by atoms with van der Waals surface area (Å²) >= 11 is 0. The number of para-hydroxylation sites is 1. The predicted octanol–water partition coefficient (Wildman–Crippen LogP) is 3.97. The van der Waals surface area contributed by atoms with Gasteiger partial charge in [0.25, 0.3) is 0 Å². The van der Waals surface area contributed by atoms with Crippen molar-refractivity contribution in [1.82, 2.24) is 5.32 Å². The van der Waals surface area contributed by atoms with E-state index in [-0.39, 0.29) is 6.10 Å². The molecule has 18 heavy (non-hydrogen) atoms. The van der Waals surface area contributed by atoms with E-state index >= 15 is 0 Å². The fraction of sp³-hybridized carbons (Fsp3) is 0.625.